The molecule has 1 amide bonds. The van der Waals surface area contributed by atoms with Crippen molar-refractivity contribution in [1.82, 2.24) is 5.43 Å². The second-order valence-electron chi connectivity index (χ2n) is 4.62. The zero-order valence-corrected chi connectivity index (χ0v) is 14.8. The number of hydrogen-bond donors (Lipinski definition) is 2. The highest BCUT2D eigenvalue weighted by molar-refractivity contribution is 9.11. The Morgan fingerprint density at radius 2 is 1.57 bits per heavy atom. The fraction of sp³-hybridized carbons (Fsp3) is 0.133. The third-order valence-corrected chi connectivity index (χ3v) is 4.23. The predicted molar refractivity (Wildman–Crippen MR) is 93.7 cm³/mol. The maximum Gasteiger partial charge on any atom is 0.269 e. The van der Waals surface area contributed by atoms with Crippen LogP contribution in [0.1, 0.15) is 10.4 Å². The van der Waals surface area contributed by atoms with Crippen LogP contribution in [-0.2, 0) is 0 Å². The molecule has 21 heavy (non-hydrogen) atoms. The summed E-state index contributed by atoms with van der Waals surface area (Å²) in [5, 5.41) is 0. The Morgan fingerprint density at radius 3 is 2.10 bits per heavy atom. The lowest BCUT2D eigenvalue weighted by molar-refractivity contribution is 0.0962. The smallest absolute Gasteiger partial charge is 0.269 e. The Bertz CT molecular complexity index is 622. The molecule has 4 nitrogen and oxygen atoms in total. The quantitative estimate of drug-likeness (QED) is 0.745. The summed E-state index contributed by atoms with van der Waals surface area (Å²) in [7, 11) is 3.92. The van der Waals surface area contributed by atoms with Crippen LogP contribution in [0.3, 0.4) is 0 Å². The number of hydrogen-bond acceptors (Lipinski definition) is 3. The fourth-order valence-corrected chi connectivity index (χ4v) is 2.92. The lowest BCUT2D eigenvalue weighted by Gasteiger charge is -2.14. The topological polar surface area (TPSA) is 44.4 Å². The van der Waals surface area contributed by atoms with Crippen molar-refractivity contribution in [1.29, 1.82) is 0 Å². The van der Waals surface area contributed by atoms with E-state index < -0.39 is 0 Å². The van der Waals surface area contributed by atoms with Crippen molar-refractivity contribution in [2.75, 3.05) is 24.4 Å². The highest BCUT2D eigenvalue weighted by Crippen LogP contribution is 2.29. The molecule has 6 heteroatoms. The molecule has 0 heterocycles. The van der Waals surface area contributed by atoms with E-state index in [2.05, 4.69) is 42.7 Å². The molecule has 0 atom stereocenters. The Morgan fingerprint density at radius 1 is 1.00 bits per heavy atom. The molecule has 2 N–H and O–H groups in total. The number of rotatable bonds is 4. The number of nitrogens with one attached hydrogen (secondary N) is 2. The van der Waals surface area contributed by atoms with Crippen LogP contribution in [-0.4, -0.2) is 20.0 Å². The lowest BCUT2D eigenvalue weighted by atomic mass is 10.2. The van der Waals surface area contributed by atoms with Crippen molar-refractivity contribution >= 4 is 49.1 Å². The minimum atomic E-state index is -0.192. The van der Waals surface area contributed by atoms with E-state index in [0.29, 0.717) is 5.56 Å². The number of nitrogens with zero attached hydrogens (tertiary/aromatic N) is 1. The van der Waals surface area contributed by atoms with Gasteiger partial charge in [-0.3, -0.25) is 15.6 Å². The number of para-hydroxylation sites is 1. The Hall–Kier alpha value is -1.53. The van der Waals surface area contributed by atoms with E-state index >= 15 is 0 Å². The van der Waals surface area contributed by atoms with Crippen LogP contribution in [0.15, 0.2) is 51.4 Å². The molecular weight excluding hydrogens is 398 g/mol. The normalized spacial score (nSPS) is 10.1. The van der Waals surface area contributed by atoms with E-state index in [1.165, 1.54) is 0 Å². The number of carbonyl (C=O) groups is 1. The van der Waals surface area contributed by atoms with Crippen molar-refractivity contribution in [3.05, 3.63) is 57.0 Å². The third kappa shape index (κ3) is 3.98. The second-order valence-corrected chi connectivity index (χ2v) is 6.33. The van der Waals surface area contributed by atoms with Crippen molar-refractivity contribution in [2.24, 2.45) is 0 Å². The molecule has 0 bridgehead atoms. The van der Waals surface area contributed by atoms with Gasteiger partial charge in [0.05, 0.1) is 5.69 Å². The van der Waals surface area contributed by atoms with Gasteiger partial charge in [0.1, 0.15) is 0 Å². The van der Waals surface area contributed by atoms with Gasteiger partial charge in [-0.2, -0.15) is 0 Å². The van der Waals surface area contributed by atoms with Gasteiger partial charge in [0.2, 0.25) is 0 Å². The number of anilines is 2. The zero-order chi connectivity index (χ0) is 15.4. The second kappa shape index (κ2) is 6.95. The molecule has 0 spiro atoms. The molecule has 0 aliphatic heterocycles. The molecule has 0 aliphatic rings. The minimum Gasteiger partial charge on any atom is -0.378 e. The summed E-state index contributed by atoms with van der Waals surface area (Å²) in [6.07, 6.45) is 0. The first-order valence-corrected chi connectivity index (χ1v) is 7.85. The Balaban J connectivity index is 2.05. The van der Waals surface area contributed by atoms with E-state index in [4.69, 9.17) is 0 Å². The third-order valence-electron chi connectivity index (χ3n) is 2.91. The molecule has 0 aliphatic carbocycles. The number of benzene rings is 2. The lowest BCUT2D eigenvalue weighted by Crippen LogP contribution is -2.29. The Labute approximate surface area is 140 Å². The van der Waals surface area contributed by atoms with Gasteiger partial charge in [0.15, 0.2) is 0 Å². The van der Waals surface area contributed by atoms with Gasteiger partial charge in [0, 0.05) is 34.3 Å². The summed E-state index contributed by atoms with van der Waals surface area (Å²) in [4.78, 5) is 14.1. The largest absolute Gasteiger partial charge is 0.378 e. The van der Waals surface area contributed by atoms with Gasteiger partial charge < -0.3 is 4.90 Å². The first-order chi connectivity index (χ1) is 9.99. The summed E-state index contributed by atoms with van der Waals surface area (Å²) >= 11 is 6.86. The van der Waals surface area contributed by atoms with Gasteiger partial charge in [-0.25, -0.2) is 0 Å². The van der Waals surface area contributed by atoms with Gasteiger partial charge in [-0.05, 0) is 68.3 Å². The summed E-state index contributed by atoms with van der Waals surface area (Å²) in [5.74, 6) is -0.192. The first-order valence-electron chi connectivity index (χ1n) is 6.27. The molecule has 0 saturated heterocycles. The van der Waals surface area contributed by atoms with Crippen LogP contribution < -0.4 is 15.8 Å². The molecule has 0 fully saturated rings. The standard InChI is InChI=1S/C15H15Br2N3O/c1-20(2)11-8-6-10(7-9-11)15(21)19-18-14-12(16)4-3-5-13(14)17/h3-9,18H,1-2H3,(H,19,21). The van der Waals surface area contributed by atoms with Crippen LogP contribution in [0.5, 0.6) is 0 Å². The molecular formula is C15H15Br2N3O. The zero-order valence-electron chi connectivity index (χ0n) is 11.7. The monoisotopic (exact) mass is 411 g/mol. The van der Waals surface area contributed by atoms with E-state index in [9.17, 15) is 4.79 Å². The van der Waals surface area contributed by atoms with E-state index in [-0.39, 0.29) is 5.91 Å². The van der Waals surface area contributed by atoms with Crippen molar-refractivity contribution in [3.8, 4) is 0 Å². The molecule has 0 saturated carbocycles. The maximum absolute atomic E-state index is 12.1. The van der Waals surface area contributed by atoms with Crippen LogP contribution in [0.25, 0.3) is 0 Å². The Kier molecular flexibility index (Phi) is 5.25. The van der Waals surface area contributed by atoms with E-state index in [1.807, 2.05) is 49.3 Å². The van der Waals surface area contributed by atoms with E-state index in [0.717, 1.165) is 20.3 Å². The molecule has 0 unspecified atom stereocenters. The number of hydrazine groups is 1. The fourth-order valence-electron chi connectivity index (χ4n) is 1.72. The van der Waals surface area contributed by atoms with Crippen molar-refractivity contribution < 1.29 is 4.79 Å². The van der Waals surface area contributed by atoms with Gasteiger partial charge >= 0.3 is 0 Å². The first kappa shape index (κ1) is 15.9. The minimum absolute atomic E-state index is 0.192. The van der Waals surface area contributed by atoms with Crippen LogP contribution in [0.4, 0.5) is 11.4 Å². The SMILES string of the molecule is CN(C)c1ccc(C(=O)NNc2c(Br)cccc2Br)cc1. The number of halogens is 2. The van der Waals surface area contributed by atoms with Gasteiger partial charge in [-0.15, -0.1) is 0 Å². The highest BCUT2D eigenvalue weighted by Gasteiger charge is 2.08. The van der Waals surface area contributed by atoms with Crippen LogP contribution >= 0.6 is 31.9 Å². The van der Waals surface area contributed by atoms with Crippen LogP contribution in [0.2, 0.25) is 0 Å². The van der Waals surface area contributed by atoms with Gasteiger partial charge in [0.25, 0.3) is 5.91 Å². The molecule has 0 aromatic heterocycles. The number of amides is 1. The summed E-state index contributed by atoms with van der Waals surface area (Å²) < 4.78 is 1.72. The highest BCUT2D eigenvalue weighted by atomic mass is 79.9. The summed E-state index contributed by atoms with van der Waals surface area (Å²) in [6.45, 7) is 0. The summed E-state index contributed by atoms with van der Waals surface area (Å²) in [5.41, 5.74) is 8.01. The average Bonchev–Trinajstić information content (AvgIpc) is 2.46. The average molecular weight is 413 g/mol. The van der Waals surface area contributed by atoms with Crippen LogP contribution in [0, 0.1) is 0 Å². The predicted octanol–water partition coefficient (Wildman–Crippen LogP) is 4.03. The van der Waals surface area contributed by atoms with Crippen molar-refractivity contribution in [2.45, 2.75) is 0 Å². The molecule has 110 valence electrons. The summed E-state index contributed by atoms with van der Waals surface area (Å²) in [6, 6.07) is 13.1. The molecule has 0 radical (unpaired) electrons. The molecule has 2 aromatic rings. The molecule has 2 aromatic carbocycles. The van der Waals surface area contributed by atoms with Gasteiger partial charge in [-0.1, -0.05) is 6.07 Å². The number of carbonyl (C=O) groups excluding carboxylic acids is 1. The van der Waals surface area contributed by atoms with Crippen molar-refractivity contribution in [3.63, 3.8) is 0 Å². The molecule has 2 rings (SSSR count). The maximum atomic E-state index is 12.1. The van der Waals surface area contributed by atoms with E-state index in [1.54, 1.807) is 12.1 Å².